The van der Waals surface area contributed by atoms with Crippen LogP contribution in [0.1, 0.15) is 27.6 Å². The van der Waals surface area contributed by atoms with E-state index in [-0.39, 0.29) is 18.2 Å². The molecule has 53 heteroatoms. The number of hydrogen-bond acceptors (Lipinski definition) is 39. The Hall–Kier alpha value is -14.7. The third-order valence-corrected chi connectivity index (χ3v) is 24.9. The predicted octanol–water partition coefficient (Wildman–Crippen LogP) is 9.33. The van der Waals surface area contributed by atoms with Gasteiger partial charge in [0.05, 0.1) is 47.1 Å². The van der Waals surface area contributed by atoms with E-state index in [2.05, 4.69) is 0 Å². The van der Waals surface area contributed by atoms with Gasteiger partial charge < -0.3 is 43.5 Å². The second-order valence-electron chi connectivity index (χ2n) is 23.3. The minimum atomic E-state index is -6.10. The summed E-state index contributed by atoms with van der Waals surface area (Å²) in [5.74, 6) is -15.5. The first-order valence-electron chi connectivity index (χ1n) is 31.6. The van der Waals surface area contributed by atoms with Gasteiger partial charge in [0.25, 0.3) is 39.8 Å². The van der Waals surface area contributed by atoms with Gasteiger partial charge >= 0.3 is 76.8 Å². The Morgan fingerprint density at radius 2 is 0.585 bits per heavy atom. The molecule has 0 N–H and O–H groups in total. The van der Waals surface area contributed by atoms with Crippen LogP contribution in [0.5, 0.6) is 51.7 Å². The number of methoxy groups -OCH3 is 1. The maximum atomic E-state index is 15.5. The van der Waals surface area contributed by atoms with E-state index in [1.165, 1.54) is 0 Å². The fraction of sp³-hybridized carbons (Fsp3) is 0.0615. The molecular weight excluding hydrogens is 1730 g/mol. The van der Waals surface area contributed by atoms with Gasteiger partial charge in [-0.25, -0.2) is 4.79 Å². The molecule has 10 aromatic rings. The molecule has 0 saturated carbocycles. The molecule has 1 aliphatic heterocycles. The lowest BCUT2D eigenvalue weighted by Crippen LogP contribution is -2.35. The molecule has 2 atom stereocenters. The van der Waals surface area contributed by atoms with Gasteiger partial charge in [-0.3, -0.25) is 70.8 Å². The normalized spacial score (nSPS) is 13.6. The number of hydrogen-bond donors (Lipinski definition) is 0. The SMILES string of the molecule is COc1cc(C(=O)O[C@@H]2Cc3c(cc(OS(=O)(=O)c4ccccc4[N+](=O)[O-])cc3OS(=O)(=O)c3ccccc3[N+](=O)[O-])O[C@@H]2c2cc(OS(=O)(=O)c3ccccc3[N+](=O)[O-])c(OS(=O)(=O)c3ccccc3[N+](=O)[O-])c(OS(=O)(=O)c3ccccc3[N+](=O)[O-])c2)cc(OS(=O)(=O)c2ccccc2[N+](=O)[O-])c1OS(=O)(=O)c1ccccc1[N+](=O)[O-]. The van der Waals surface area contributed by atoms with Crippen LogP contribution in [0.2, 0.25) is 0 Å². The van der Waals surface area contributed by atoms with Crippen LogP contribution in [0.25, 0.3) is 0 Å². The number of benzene rings is 10. The summed E-state index contributed by atoms with van der Waals surface area (Å²) in [5.41, 5.74) is -12.1. The maximum Gasteiger partial charge on any atom is 0.346 e. The van der Waals surface area contributed by atoms with E-state index in [0.717, 1.165) is 84.9 Å². The Bertz CT molecular complexity index is 6700. The van der Waals surface area contributed by atoms with Crippen molar-refractivity contribution in [1.29, 1.82) is 0 Å². The van der Waals surface area contributed by atoms with Crippen molar-refractivity contribution in [3.05, 3.63) is 294 Å². The molecule has 0 aromatic heterocycles. The second-order valence-corrected chi connectivity index (χ2v) is 33.9. The third kappa shape index (κ3) is 17.5. The van der Waals surface area contributed by atoms with Crippen LogP contribution in [0.4, 0.5) is 39.8 Å². The minimum Gasteiger partial charge on any atom is -0.493 e. The van der Waals surface area contributed by atoms with Crippen LogP contribution in [-0.2, 0) is 82.0 Å². The summed E-state index contributed by atoms with van der Waals surface area (Å²) in [4.78, 5) is 83.8. The van der Waals surface area contributed by atoms with Gasteiger partial charge in [-0.2, -0.15) is 58.9 Å². The smallest absolute Gasteiger partial charge is 0.346 e. The first kappa shape index (κ1) is 84.2. The first-order chi connectivity index (χ1) is 55.4. The average Bonchev–Trinajstić information content (AvgIpc) is 0.719. The minimum absolute atomic E-state index is 0.222. The van der Waals surface area contributed by atoms with Crippen molar-refractivity contribution in [2.45, 2.75) is 52.9 Å². The van der Waals surface area contributed by atoms with Gasteiger partial charge in [-0.1, -0.05) is 84.9 Å². The van der Waals surface area contributed by atoms with E-state index >= 15 is 4.79 Å². The van der Waals surface area contributed by atoms with Crippen LogP contribution in [0, 0.1) is 70.8 Å². The molecule has 46 nitrogen and oxygen atoms in total. The molecule has 1 aliphatic rings. The zero-order valence-corrected chi connectivity index (χ0v) is 63.6. The van der Waals surface area contributed by atoms with E-state index in [1.807, 2.05) is 0 Å². The topological polar surface area (TPSA) is 650 Å². The maximum absolute atomic E-state index is 15.5. The summed E-state index contributed by atoms with van der Waals surface area (Å²) in [6.07, 6.45) is -6.79. The number of nitro groups is 7. The molecule has 0 saturated heterocycles. The Morgan fingerprint density at radius 1 is 0.331 bits per heavy atom. The highest BCUT2D eigenvalue weighted by Crippen LogP contribution is 2.52. The standard InChI is InChI=1S/C65H41N7O39S7/c1-102-50-32-38(33-54(109-116(96,97)59-27-13-6-20-45(59)70(82)83)63(50)110-117(98,99)60-28-14-7-21-46(60)71(84)85)65(73)104-51-36-40-48(34-39(105-112(88,89)55-23-9-2-16-41(55)66(74)75)35-49(40)106-113(90,91)56-24-10-3-17-42(56)67(76)77)103-62(51)37-30-52(107-114(92,93)57-25-11-4-18-43(57)68(78)79)64(111-118(100,101)61-29-15-8-22-47(61)72(86)87)53(31-37)108-115(94,95)58-26-12-5-19-44(58)69(80)81/h2-35,51,62H,36H2,1H3/t51-,62-/m1/s1. The second kappa shape index (κ2) is 32.3. The fourth-order valence-electron chi connectivity index (χ4n) is 11.0. The van der Waals surface area contributed by atoms with Gasteiger partial charge in [0, 0.05) is 78.2 Å². The zero-order chi connectivity index (χ0) is 86.1. The van der Waals surface area contributed by atoms with Gasteiger partial charge in [0.1, 0.15) is 17.6 Å². The number of carbonyl (C=O) groups is 1. The van der Waals surface area contributed by atoms with Crippen molar-refractivity contribution in [3.63, 3.8) is 0 Å². The molecule has 11 rings (SSSR count). The van der Waals surface area contributed by atoms with Crippen molar-refractivity contribution in [1.82, 2.24) is 0 Å². The highest BCUT2D eigenvalue weighted by molar-refractivity contribution is 7.89. The van der Waals surface area contributed by atoms with E-state index < -0.39 is 272 Å². The van der Waals surface area contributed by atoms with Crippen LogP contribution in [-0.4, -0.2) is 113 Å². The number of fused-ring (bicyclic) bond motifs is 1. The van der Waals surface area contributed by atoms with Gasteiger partial charge in [0.15, 0.2) is 69.1 Å². The summed E-state index contributed by atoms with van der Waals surface area (Å²) >= 11 is 0. The molecular formula is C65H41N7O39S7. The largest absolute Gasteiger partial charge is 0.493 e. The quantitative estimate of drug-likeness (QED) is 0.0164. The van der Waals surface area contributed by atoms with E-state index in [0.29, 0.717) is 110 Å². The van der Waals surface area contributed by atoms with Crippen molar-refractivity contribution in [2.75, 3.05) is 7.11 Å². The molecule has 0 fully saturated rings. The molecule has 612 valence electrons. The lowest BCUT2D eigenvalue weighted by atomic mass is 9.93. The fourth-order valence-corrected chi connectivity index (χ4v) is 18.7. The Balaban J connectivity index is 1.22. The molecule has 10 aromatic carbocycles. The van der Waals surface area contributed by atoms with E-state index in [1.54, 1.807) is 0 Å². The van der Waals surface area contributed by atoms with Crippen molar-refractivity contribution in [2.24, 2.45) is 0 Å². The number of rotatable bonds is 32. The summed E-state index contributed by atoms with van der Waals surface area (Å²) in [6.45, 7) is 0. The molecule has 0 amide bonds. The first-order valence-corrected chi connectivity index (χ1v) is 41.4. The molecule has 0 radical (unpaired) electrons. The number of nitro benzene ring substituents is 7. The number of carbonyl (C=O) groups excluding carboxylic acids is 1. The number of ether oxygens (including phenoxy) is 3. The zero-order valence-electron chi connectivity index (χ0n) is 57.9. The lowest BCUT2D eigenvalue weighted by Gasteiger charge is -2.34. The predicted molar refractivity (Wildman–Crippen MR) is 389 cm³/mol. The molecule has 0 aliphatic carbocycles. The van der Waals surface area contributed by atoms with Crippen LogP contribution < -0.4 is 38.8 Å². The molecule has 118 heavy (non-hydrogen) atoms. The Kier molecular flexibility index (Phi) is 23.1. The number of para-hydroxylation sites is 7. The Morgan fingerprint density at radius 3 is 0.881 bits per heavy atom. The van der Waals surface area contributed by atoms with E-state index in [4.69, 9.17) is 43.5 Å². The van der Waals surface area contributed by atoms with Gasteiger partial charge in [-0.05, 0) is 60.7 Å². The highest BCUT2D eigenvalue weighted by atomic mass is 32.2. The molecule has 1 heterocycles. The number of nitrogens with zero attached hydrogens (tertiary/aromatic N) is 7. The monoisotopic (exact) mass is 1770 g/mol. The Labute approximate surface area is 659 Å². The number of esters is 1. The molecule has 0 spiro atoms. The van der Waals surface area contributed by atoms with Crippen LogP contribution in [0.3, 0.4) is 0 Å². The summed E-state index contributed by atoms with van der Waals surface area (Å²) in [6, 6.07) is 23.3. The third-order valence-electron chi connectivity index (χ3n) is 16.0. The van der Waals surface area contributed by atoms with Gasteiger partial charge in [-0.15, -0.1) is 0 Å². The average molecular weight is 1770 g/mol. The lowest BCUT2D eigenvalue weighted by molar-refractivity contribution is -0.388. The van der Waals surface area contributed by atoms with E-state index in [9.17, 15) is 130 Å². The highest BCUT2D eigenvalue weighted by Gasteiger charge is 2.45. The molecule has 0 bridgehead atoms. The van der Waals surface area contributed by atoms with Gasteiger partial charge in [0.2, 0.25) is 11.5 Å². The van der Waals surface area contributed by atoms with Crippen molar-refractivity contribution >= 4 is 117 Å². The summed E-state index contributed by atoms with van der Waals surface area (Å²) < 4.78 is 259. The molecule has 0 unspecified atom stereocenters. The van der Waals surface area contributed by atoms with Crippen molar-refractivity contribution < 1.29 is 142 Å². The summed E-state index contributed by atoms with van der Waals surface area (Å²) in [7, 11) is -40.6. The summed E-state index contributed by atoms with van der Waals surface area (Å²) in [5, 5.41) is 86.5. The van der Waals surface area contributed by atoms with Crippen molar-refractivity contribution in [3.8, 4) is 51.7 Å². The van der Waals surface area contributed by atoms with Crippen LogP contribution >= 0.6 is 0 Å². The van der Waals surface area contributed by atoms with Crippen LogP contribution in [0.15, 0.2) is 241 Å².